The molecule has 0 aromatic carbocycles. The van der Waals surface area contributed by atoms with Crippen molar-refractivity contribution in [3.05, 3.63) is 0 Å². The molecule has 20 heavy (non-hydrogen) atoms. The average molecular weight is 288 g/mol. The Morgan fingerprint density at radius 3 is 2.55 bits per heavy atom. The SMILES string of the molecule is CC(C)(C)C(CCN)CCC(=O)NCCCOCCO. The van der Waals surface area contributed by atoms with Crippen LogP contribution in [0.25, 0.3) is 0 Å². The Hall–Kier alpha value is -0.650. The van der Waals surface area contributed by atoms with E-state index in [0.717, 1.165) is 19.3 Å². The lowest BCUT2D eigenvalue weighted by Gasteiger charge is -2.30. The van der Waals surface area contributed by atoms with Gasteiger partial charge in [0.05, 0.1) is 13.2 Å². The fourth-order valence-corrected chi connectivity index (χ4v) is 2.17. The van der Waals surface area contributed by atoms with Gasteiger partial charge >= 0.3 is 0 Å². The molecule has 5 nitrogen and oxygen atoms in total. The first-order chi connectivity index (χ1) is 9.41. The molecule has 120 valence electrons. The molecule has 0 saturated heterocycles. The maximum atomic E-state index is 11.7. The number of aliphatic hydroxyl groups excluding tert-OH is 1. The number of nitrogens with one attached hydrogen (secondary N) is 1. The fraction of sp³-hybridized carbons (Fsp3) is 0.933. The second-order valence-electron chi connectivity index (χ2n) is 6.22. The van der Waals surface area contributed by atoms with Crippen LogP contribution in [0.5, 0.6) is 0 Å². The summed E-state index contributed by atoms with van der Waals surface area (Å²) in [6.07, 6.45) is 3.18. The van der Waals surface area contributed by atoms with Crippen LogP contribution in [0.15, 0.2) is 0 Å². The van der Waals surface area contributed by atoms with E-state index in [-0.39, 0.29) is 17.9 Å². The minimum atomic E-state index is 0.0433. The highest BCUT2D eigenvalue weighted by molar-refractivity contribution is 5.75. The summed E-state index contributed by atoms with van der Waals surface area (Å²) in [7, 11) is 0. The van der Waals surface area contributed by atoms with Crippen LogP contribution >= 0.6 is 0 Å². The third-order valence-corrected chi connectivity index (χ3v) is 3.48. The van der Waals surface area contributed by atoms with Crippen LogP contribution in [0, 0.1) is 11.3 Å². The molecule has 0 aromatic heterocycles. The molecule has 0 aromatic rings. The van der Waals surface area contributed by atoms with E-state index in [0.29, 0.717) is 38.6 Å². The molecule has 0 aliphatic heterocycles. The van der Waals surface area contributed by atoms with Gasteiger partial charge in [-0.15, -0.1) is 0 Å². The van der Waals surface area contributed by atoms with Crippen molar-refractivity contribution in [1.29, 1.82) is 0 Å². The molecule has 0 aliphatic carbocycles. The highest BCUT2D eigenvalue weighted by Crippen LogP contribution is 2.31. The maximum Gasteiger partial charge on any atom is 0.220 e. The molecule has 0 aliphatic rings. The van der Waals surface area contributed by atoms with Gasteiger partial charge in [-0.05, 0) is 37.1 Å². The third-order valence-electron chi connectivity index (χ3n) is 3.48. The minimum Gasteiger partial charge on any atom is -0.394 e. The number of nitrogens with two attached hydrogens (primary N) is 1. The Morgan fingerprint density at radius 2 is 2.00 bits per heavy atom. The number of rotatable bonds is 11. The van der Waals surface area contributed by atoms with Crippen LogP contribution in [-0.4, -0.2) is 43.9 Å². The smallest absolute Gasteiger partial charge is 0.220 e. The highest BCUT2D eigenvalue weighted by Gasteiger charge is 2.24. The standard InChI is InChI=1S/C15H32N2O3/c1-15(2,3)13(7-8-16)5-6-14(19)17-9-4-11-20-12-10-18/h13,18H,4-12,16H2,1-3H3,(H,17,19). The zero-order valence-electron chi connectivity index (χ0n) is 13.3. The van der Waals surface area contributed by atoms with Gasteiger partial charge in [-0.25, -0.2) is 0 Å². The maximum absolute atomic E-state index is 11.7. The van der Waals surface area contributed by atoms with Gasteiger partial charge in [0.2, 0.25) is 5.91 Å². The van der Waals surface area contributed by atoms with Gasteiger partial charge in [-0.1, -0.05) is 20.8 Å². The van der Waals surface area contributed by atoms with Crippen molar-refractivity contribution in [1.82, 2.24) is 5.32 Å². The molecule has 1 unspecified atom stereocenters. The summed E-state index contributed by atoms with van der Waals surface area (Å²) in [5, 5.41) is 11.4. The molecule has 0 heterocycles. The topological polar surface area (TPSA) is 84.6 Å². The van der Waals surface area contributed by atoms with Crippen LogP contribution in [0.4, 0.5) is 0 Å². The number of aliphatic hydroxyl groups is 1. The van der Waals surface area contributed by atoms with E-state index in [4.69, 9.17) is 15.6 Å². The normalized spacial score (nSPS) is 13.2. The van der Waals surface area contributed by atoms with Crippen LogP contribution in [0.3, 0.4) is 0 Å². The summed E-state index contributed by atoms with van der Waals surface area (Å²) in [5.74, 6) is 0.574. The predicted molar refractivity (Wildman–Crippen MR) is 81.4 cm³/mol. The molecule has 0 spiro atoms. The lowest BCUT2D eigenvalue weighted by Crippen LogP contribution is -2.28. The van der Waals surface area contributed by atoms with Crippen LogP contribution in [0.2, 0.25) is 0 Å². The van der Waals surface area contributed by atoms with Gasteiger partial charge < -0.3 is 20.9 Å². The van der Waals surface area contributed by atoms with Crippen LogP contribution in [-0.2, 0) is 9.53 Å². The second kappa shape index (κ2) is 11.1. The first-order valence-electron chi connectivity index (χ1n) is 7.57. The number of amides is 1. The van der Waals surface area contributed by atoms with Crippen LogP contribution < -0.4 is 11.1 Å². The zero-order valence-corrected chi connectivity index (χ0v) is 13.3. The van der Waals surface area contributed by atoms with E-state index in [2.05, 4.69) is 26.1 Å². The van der Waals surface area contributed by atoms with Crippen molar-refractivity contribution in [2.75, 3.05) is 32.9 Å². The summed E-state index contributed by atoms with van der Waals surface area (Å²) in [6.45, 7) is 8.87. The summed E-state index contributed by atoms with van der Waals surface area (Å²) in [6, 6.07) is 0. The predicted octanol–water partition coefficient (Wildman–Crippen LogP) is 1.29. The molecular weight excluding hydrogens is 256 g/mol. The molecule has 0 fully saturated rings. The molecule has 0 rings (SSSR count). The van der Waals surface area contributed by atoms with E-state index in [9.17, 15) is 4.79 Å². The van der Waals surface area contributed by atoms with Crippen LogP contribution in [0.1, 0.15) is 46.5 Å². The fourth-order valence-electron chi connectivity index (χ4n) is 2.17. The van der Waals surface area contributed by atoms with Crippen molar-refractivity contribution >= 4 is 5.91 Å². The lowest BCUT2D eigenvalue weighted by molar-refractivity contribution is -0.121. The van der Waals surface area contributed by atoms with E-state index < -0.39 is 0 Å². The van der Waals surface area contributed by atoms with E-state index >= 15 is 0 Å². The number of carbonyl (C=O) groups excluding carboxylic acids is 1. The van der Waals surface area contributed by atoms with Crippen molar-refractivity contribution in [2.45, 2.75) is 46.5 Å². The number of ether oxygens (including phenoxy) is 1. The summed E-state index contributed by atoms with van der Waals surface area (Å²) in [4.78, 5) is 11.7. The largest absolute Gasteiger partial charge is 0.394 e. The average Bonchev–Trinajstić information content (AvgIpc) is 2.37. The Kier molecular flexibility index (Phi) is 10.7. The first-order valence-corrected chi connectivity index (χ1v) is 7.57. The van der Waals surface area contributed by atoms with E-state index in [1.165, 1.54) is 0 Å². The van der Waals surface area contributed by atoms with Gasteiger partial charge in [0, 0.05) is 19.6 Å². The van der Waals surface area contributed by atoms with Gasteiger partial charge in [0.15, 0.2) is 0 Å². The van der Waals surface area contributed by atoms with E-state index in [1.807, 2.05) is 0 Å². The van der Waals surface area contributed by atoms with Gasteiger partial charge in [-0.2, -0.15) is 0 Å². The van der Waals surface area contributed by atoms with Crippen molar-refractivity contribution in [3.63, 3.8) is 0 Å². The molecule has 4 N–H and O–H groups in total. The summed E-state index contributed by atoms with van der Waals surface area (Å²) < 4.78 is 5.12. The number of carbonyl (C=O) groups is 1. The Balaban J connectivity index is 3.74. The van der Waals surface area contributed by atoms with Gasteiger partial charge in [0.1, 0.15) is 0 Å². The highest BCUT2D eigenvalue weighted by atomic mass is 16.5. The Bertz CT molecular complexity index is 252. The third kappa shape index (κ3) is 10.2. The minimum absolute atomic E-state index is 0.0433. The quantitative estimate of drug-likeness (QED) is 0.500. The first kappa shape index (κ1) is 19.4. The number of hydrogen-bond acceptors (Lipinski definition) is 4. The molecular formula is C15H32N2O3. The summed E-state index contributed by atoms with van der Waals surface area (Å²) >= 11 is 0. The number of hydrogen-bond donors (Lipinski definition) is 3. The molecule has 5 heteroatoms. The van der Waals surface area contributed by atoms with Crippen molar-refractivity contribution in [2.24, 2.45) is 17.1 Å². The van der Waals surface area contributed by atoms with Gasteiger partial charge in [-0.3, -0.25) is 4.79 Å². The molecule has 1 atom stereocenters. The molecule has 1 amide bonds. The van der Waals surface area contributed by atoms with Crippen molar-refractivity contribution < 1.29 is 14.6 Å². The summed E-state index contributed by atoms with van der Waals surface area (Å²) in [5.41, 5.74) is 5.83. The molecule has 0 radical (unpaired) electrons. The Labute approximate surface area is 123 Å². The molecule has 0 saturated carbocycles. The lowest BCUT2D eigenvalue weighted by atomic mass is 9.76. The second-order valence-corrected chi connectivity index (χ2v) is 6.22. The molecule has 0 bridgehead atoms. The van der Waals surface area contributed by atoms with Gasteiger partial charge in [0.25, 0.3) is 0 Å². The van der Waals surface area contributed by atoms with E-state index in [1.54, 1.807) is 0 Å². The zero-order chi connectivity index (χ0) is 15.4. The Morgan fingerprint density at radius 1 is 1.30 bits per heavy atom. The van der Waals surface area contributed by atoms with Crippen molar-refractivity contribution in [3.8, 4) is 0 Å². The monoisotopic (exact) mass is 288 g/mol.